The van der Waals surface area contributed by atoms with E-state index in [-0.39, 0.29) is 22.1 Å². The maximum Gasteiger partial charge on any atom is 0.188 e. The lowest BCUT2D eigenvalue weighted by Gasteiger charge is -2.13. The number of nitrogen functional groups attached to an aromatic ring is 2. The molecule has 0 fully saturated rings. The van der Waals surface area contributed by atoms with Crippen molar-refractivity contribution in [3.05, 3.63) is 46.7 Å². The summed E-state index contributed by atoms with van der Waals surface area (Å²) in [5.41, 5.74) is 12.3. The average Bonchev–Trinajstić information content (AvgIpc) is 2.34. The summed E-state index contributed by atoms with van der Waals surface area (Å²) < 4.78 is 19.4. The van der Waals surface area contributed by atoms with Crippen LogP contribution >= 0.6 is 11.6 Å². The summed E-state index contributed by atoms with van der Waals surface area (Å²) in [6, 6.07) is 8.59. The van der Waals surface area contributed by atoms with Crippen LogP contribution in [-0.4, -0.2) is 0 Å². The molecule has 3 nitrogen and oxygen atoms in total. The van der Waals surface area contributed by atoms with E-state index in [2.05, 4.69) is 0 Å². The Morgan fingerprint density at radius 2 is 1.83 bits per heavy atom. The van der Waals surface area contributed by atoms with Crippen LogP contribution in [0.25, 0.3) is 0 Å². The molecule has 2 aromatic rings. The van der Waals surface area contributed by atoms with E-state index in [9.17, 15) is 4.39 Å². The lowest BCUT2D eigenvalue weighted by Crippen LogP contribution is -2.00. The van der Waals surface area contributed by atoms with Gasteiger partial charge < -0.3 is 16.2 Å². The van der Waals surface area contributed by atoms with Crippen molar-refractivity contribution in [1.29, 1.82) is 0 Å². The molecular weight excluding hydrogens is 255 g/mol. The van der Waals surface area contributed by atoms with Crippen LogP contribution < -0.4 is 16.2 Å². The first-order chi connectivity index (χ1) is 8.50. The van der Waals surface area contributed by atoms with Gasteiger partial charge in [0, 0.05) is 0 Å². The zero-order valence-corrected chi connectivity index (χ0v) is 10.5. The van der Waals surface area contributed by atoms with Crippen LogP contribution in [0.3, 0.4) is 0 Å². The molecule has 0 atom stereocenters. The molecule has 94 valence electrons. The van der Waals surface area contributed by atoms with Gasteiger partial charge >= 0.3 is 0 Å². The van der Waals surface area contributed by atoms with Crippen molar-refractivity contribution in [2.45, 2.75) is 6.92 Å². The number of benzene rings is 2. The average molecular weight is 267 g/mol. The third-order valence-electron chi connectivity index (χ3n) is 2.52. The van der Waals surface area contributed by atoms with Gasteiger partial charge in [-0.25, -0.2) is 4.39 Å². The third kappa shape index (κ3) is 2.19. The first kappa shape index (κ1) is 12.5. The molecule has 0 heterocycles. The second kappa shape index (κ2) is 4.74. The Labute approximate surface area is 109 Å². The number of nitrogens with two attached hydrogens (primary N) is 2. The normalized spacial score (nSPS) is 10.4. The minimum atomic E-state index is -0.752. The first-order valence-corrected chi connectivity index (χ1v) is 5.65. The number of halogens is 2. The minimum absolute atomic E-state index is 0.0869. The van der Waals surface area contributed by atoms with E-state index in [1.54, 1.807) is 12.1 Å². The molecular formula is C13H12ClFN2O. The number of aryl methyl sites for hydroxylation is 1. The van der Waals surface area contributed by atoms with Crippen molar-refractivity contribution in [2.75, 3.05) is 11.5 Å². The van der Waals surface area contributed by atoms with Gasteiger partial charge in [-0.3, -0.25) is 0 Å². The van der Waals surface area contributed by atoms with Gasteiger partial charge in [0.15, 0.2) is 11.6 Å². The molecule has 0 aliphatic carbocycles. The molecule has 0 saturated heterocycles. The van der Waals surface area contributed by atoms with Crippen molar-refractivity contribution in [1.82, 2.24) is 0 Å². The summed E-state index contributed by atoms with van der Waals surface area (Å²) in [5.74, 6) is -0.343. The second-order valence-corrected chi connectivity index (χ2v) is 4.26. The Bertz CT molecular complexity index is 602. The number of para-hydroxylation sites is 1. The van der Waals surface area contributed by atoms with E-state index >= 15 is 0 Å². The van der Waals surface area contributed by atoms with Gasteiger partial charge in [0.1, 0.15) is 10.8 Å². The zero-order chi connectivity index (χ0) is 13.3. The van der Waals surface area contributed by atoms with Gasteiger partial charge in [-0.15, -0.1) is 0 Å². The fraction of sp³-hybridized carbons (Fsp3) is 0.0769. The molecule has 0 spiro atoms. The highest BCUT2D eigenvalue weighted by Crippen LogP contribution is 2.38. The lowest BCUT2D eigenvalue weighted by molar-refractivity contribution is 0.442. The second-order valence-electron chi connectivity index (χ2n) is 3.88. The predicted octanol–water partition coefficient (Wildman–Crippen LogP) is 3.74. The van der Waals surface area contributed by atoms with Crippen molar-refractivity contribution in [3.8, 4) is 11.5 Å². The molecule has 0 aliphatic heterocycles. The molecule has 0 saturated carbocycles. The van der Waals surface area contributed by atoms with Crippen LogP contribution in [0, 0.1) is 12.7 Å². The highest BCUT2D eigenvalue weighted by molar-refractivity contribution is 6.33. The van der Waals surface area contributed by atoms with Crippen LogP contribution in [0.1, 0.15) is 5.56 Å². The van der Waals surface area contributed by atoms with Crippen molar-refractivity contribution >= 4 is 23.0 Å². The predicted molar refractivity (Wildman–Crippen MR) is 71.5 cm³/mol. The van der Waals surface area contributed by atoms with Crippen molar-refractivity contribution < 1.29 is 9.13 Å². The van der Waals surface area contributed by atoms with Crippen LogP contribution in [0.2, 0.25) is 5.02 Å². The fourth-order valence-corrected chi connectivity index (χ4v) is 1.67. The van der Waals surface area contributed by atoms with Gasteiger partial charge in [0.25, 0.3) is 0 Å². The van der Waals surface area contributed by atoms with Gasteiger partial charge in [0.05, 0.1) is 11.4 Å². The topological polar surface area (TPSA) is 61.3 Å². The summed E-state index contributed by atoms with van der Waals surface area (Å²) in [5, 5.41) is -0.187. The molecule has 4 N–H and O–H groups in total. The summed E-state index contributed by atoms with van der Waals surface area (Å²) in [6.45, 7) is 1.85. The van der Waals surface area contributed by atoms with Gasteiger partial charge in [-0.05, 0) is 24.6 Å². The molecule has 0 aliphatic rings. The number of rotatable bonds is 2. The highest BCUT2D eigenvalue weighted by atomic mass is 35.5. The standard InChI is InChI=1S/C13H12ClFN2O/c1-7-4-2-3-5-10(7)18-13-9(17)6-8(16)11(14)12(13)15/h2-6H,16-17H2,1H3. The molecule has 0 unspecified atom stereocenters. The Morgan fingerprint density at radius 1 is 1.17 bits per heavy atom. The third-order valence-corrected chi connectivity index (χ3v) is 2.91. The number of hydrogen-bond donors (Lipinski definition) is 2. The molecule has 5 heteroatoms. The van der Waals surface area contributed by atoms with E-state index in [4.69, 9.17) is 27.8 Å². The van der Waals surface area contributed by atoms with E-state index in [0.29, 0.717) is 5.75 Å². The Hall–Kier alpha value is -1.94. The quantitative estimate of drug-likeness (QED) is 0.814. The molecule has 0 radical (unpaired) electrons. The summed E-state index contributed by atoms with van der Waals surface area (Å²) in [4.78, 5) is 0. The van der Waals surface area contributed by atoms with E-state index in [1.807, 2.05) is 19.1 Å². The smallest absolute Gasteiger partial charge is 0.188 e. The van der Waals surface area contributed by atoms with Gasteiger partial charge in [0.2, 0.25) is 0 Å². The Morgan fingerprint density at radius 3 is 2.50 bits per heavy atom. The molecule has 2 rings (SSSR count). The molecule has 0 aromatic heterocycles. The van der Waals surface area contributed by atoms with Gasteiger partial charge in [-0.1, -0.05) is 29.8 Å². The van der Waals surface area contributed by atoms with Crippen molar-refractivity contribution in [3.63, 3.8) is 0 Å². The maximum absolute atomic E-state index is 13.9. The molecule has 2 aromatic carbocycles. The zero-order valence-electron chi connectivity index (χ0n) is 9.71. The first-order valence-electron chi connectivity index (χ1n) is 5.27. The summed E-state index contributed by atoms with van der Waals surface area (Å²) in [6.07, 6.45) is 0. The fourth-order valence-electron chi connectivity index (χ4n) is 1.53. The van der Waals surface area contributed by atoms with Crippen LogP contribution in [0.4, 0.5) is 15.8 Å². The molecule has 0 bridgehead atoms. The lowest BCUT2D eigenvalue weighted by atomic mass is 10.2. The van der Waals surface area contributed by atoms with Crippen LogP contribution in [0.15, 0.2) is 30.3 Å². The largest absolute Gasteiger partial charge is 0.452 e. The SMILES string of the molecule is Cc1ccccc1Oc1c(N)cc(N)c(Cl)c1F. The number of anilines is 2. The van der Waals surface area contributed by atoms with Crippen molar-refractivity contribution in [2.24, 2.45) is 0 Å². The summed E-state index contributed by atoms with van der Waals surface area (Å²) in [7, 11) is 0. The van der Waals surface area contributed by atoms with Crippen LogP contribution in [0.5, 0.6) is 11.5 Å². The Kier molecular flexibility index (Phi) is 3.30. The number of hydrogen-bond acceptors (Lipinski definition) is 3. The monoisotopic (exact) mass is 266 g/mol. The highest BCUT2D eigenvalue weighted by Gasteiger charge is 2.16. The minimum Gasteiger partial charge on any atom is -0.452 e. The molecule has 0 amide bonds. The summed E-state index contributed by atoms with van der Waals surface area (Å²) >= 11 is 5.73. The van der Waals surface area contributed by atoms with Crippen LogP contribution in [-0.2, 0) is 0 Å². The molecule has 18 heavy (non-hydrogen) atoms. The van der Waals surface area contributed by atoms with Gasteiger partial charge in [-0.2, -0.15) is 0 Å². The number of ether oxygens (including phenoxy) is 1. The Balaban J connectivity index is 2.47. The van der Waals surface area contributed by atoms with E-state index < -0.39 is 5.82 Å². The maximum atomic E-state index is 13.9. The van der Waals surface area contributed by atoms with E-state index in [1.165, 1.54) is 6.07 Å². The van der Waals surface area contributed by atoms with E-state index in [0.717, 1.165) is 5.56 Å².